The van der Waals surface area contributed by atoms with Crippen LogP contribution < -0.4 is 4.74 Å². The topological polar surface area (TPSA) is 35.5 Å². The Balaban J connectivity index is 2.68. The molecule has 0 saturated heterocycles. The number of alkyl halides is 1. The van der Waals surface area contributed by atoms with Crippen LogP contribution in [-0.4, -0.2) is 24.5 Å². The van der Waals surface area contributed by atoms with Gasteiger partial charge in [-0.3, -0.25) is 4.79 Å². The van der Waals surface area contributed by atoms with Gasteiger partial charge in [0.15, 0.2) is 0 Å². The molecule has 1 unspecified atom stereocenters. The Bertz CT molecular complexity index is 390. The molecule has 0 aromatic heterocycles. The van der Waals surface area contributed by atoms with Gasteiger partial charge in [-0.1, -0.05) is 28.1 Å². The molecule has 0 aliphatic carbocycles. The number of benzene rings is 1. The van der Waals surface area contributed by atoms with Gasteiger partial charge < -0.3 is 9.47 Å². The van der Waals surface area contributed by atoms with Gasteiger partial charge in [0, 0.05) is 0 Å². The van der Waals surface area contributed by atoms with E-state index >= 15 is 0 Å². The Morgan fingerprint density at radius 3 is 2.71 bits per heavy atom. The van der Waals surface area contributed by atoms with Crippen molar-refractivity contribution in [3.8, 4) is 5.75 Å². The maximum absolute atomic E-state index is 11.5. The largest absolute Gasteiger partial charge is 0.496 e. The van der Waals surface area contributed by atoms with E-state index in [9.17, 15) is 4.79 Å². The van der Waals surface area contributed by atoms with Crippen LogP contribution in [0.1, 0.15) is 18.1 Å². The maximum atomic E-state index is 11.5. The van der Waals surface area contributed by atoms with Gasteiger partial charge in [-0.15, -0.1) is 0 Å². The van der Waals surface area contributed by atoms with Crippen molar-refractivity contribution >= 4 is 21.9 Å². The van der Waals surface area contributed by atoms with E-state index < -0.39 is 0 Å². The van der Waals surface area contributed by atoms with Crippen LogP contribution in [0.25, 0.3) is 0 Å². The molecule has 0 fully saturated rings. The molecule has 94 valence electrons. The number of hydrogen-bond donors (Lipinski definition) is 0. The molecule has 0 N–H and O–H groups in total. The Kier molecular flexibility index (Phi) is 5.48. The predicted molar refractivity (Wildman–Crippen MR) is 70.8 cm³/mol. The normalized spacial score (nSPS) is 12.0. The summed E-state index contributed by atoms with van der Waals surface area (Å²) < 4.78 is 10.1. The number of esters is 1. The average molecular weight is 301 g/mol. The Morgan fingerprint density at radius 2 is 2.18 bits per heavy atom. The molecule has 0 spiro atoms. The third-order valence-corrected chi connectivity index (χ3v) is 3.11. The van der Waals surface area contributed by atoms with Crippen molar-refractivity contribution in [2.75, 3.05) is 13.7 Å². The fourth-order valence-electron chi connectivity index (χ4n) is 1.59. The fraction of sp³-hybridized carbons (Fsp3) is 0.462. The number of methoxy groups -OCH3 is 1. The summed E-state index contributed by atoms with van der Waals surface area (Å²) >= 11 is 3.34. The highest BCUT2D eigenvalue weighted by atomic mass is 79.9. The molecule has 0 heterocycles. The SMILES string of the molecule is CCOC(=O)C(Br)Cc1ccc(OC)c(C)c1. The second-order valence-electron chi connectivity index (χ2n) is 3.73. The van der Waals surface area contributed by atoms with Crippen molar-refractivity contribution in [2.24, 2.45) is 0 Å². The summed E-state index contributed by atoms with van der Waals surface area (Å²) in [5.74, 6) is 0.636. The summed E-state index contributed by atoms with van der Waals surface area (Å²) in [6.07, 6.45) is 0.615. The second-order valence-corrected chi connectivity index (χ2v) is 4.83. The van der Waals surface area contributed by atoms with Gasteiger partial charge in [-0.25, -0.2) is 0 Å². The van der Waals surface area contributed by atoms with Gasteiger partial charge in [-0.2, -0.15) is 0 Å². The Morgan fingerprint density at radius 1 is 1.47 bits per heavy atom. The maximum Gasteiger partial charge on any atom is 0.320 e. The minimum atomic E-state index is -0.296. The monoisotopic (exact) mass is 300 g/mol. The van der Waals surface area contributed by atoms with E-state index in [1.165, 1.54) is 0 Å². The summed E-state index contributed by atoms with van der Waals surface area (Å²) in [6.45, 7) is 4.19. The Hall–Kier alpha value is -1.03. The molecule has 1 aromatic rings. The third kappa shape index (κ3) is 4.04. The van der Waals surface area contributed by atoms with Gasteiger partial charge in [0.1, 0.15) is 10.6 Å². The van der Waals surface area contributed by atoms with Crippen LogP contribution in [0.4, 0.5) is 0 Å². The zero-order valence-corrected chi connectivity index (χ0v) is 11.9. The highest BCUT2D eigenvalue weighted by Crippen LogP contribution is 2.20. The van der Waals surface area contributed by atoms with Crippen LogP contribution in [0.2, 0.25) is 0 Å². The minimum Gasteiger partial charge on any atom is -0.496 e. The molecule has 4 heteroatoms. The summed E-state index contributed by atoms with van der Waals surface area (Å²) in [7, 11) is 1.65. The molecule has 0 radical (unpaired) electrons. The number of ether oxygens (including phenoxy) is 2. The third-order valence-electron chi connectivity index (χ3n) is 2.42. The zero-order valence-electron chi connectivity index (χ0n) is 10.3. The van der Waals surface area contributed by atoms with E-state index in [0.717, 1.165) is 16.9 Å². The molecule has 0 saturated carbocycles. The molecule has 0 bridgehead atoms. The molecular formula is C13H17BrO3. The van der Waals surface area contributed by atoms with E-state index in [1.54, 1.807) is 14.0 Å². The van der Waals surface area contributed by atoms with Crippen LogP contribution >= 0.6 is 15.9 Å². The van der Waals surface area contributed by atoms with Crippen LogP contribution in [-0.2, 0) is 16.0 Å². The van der Waals surface area contributed by atoms with Crippen LogP contribution in [0, 0.1) is 6.92 Å². The summed E-state index contributed by atoms with van der Waals surface area (Å²) in [4.78, 5) is 11.2. The zero-order chi connectivity index (χ0) is 12.8. The van der Waals surface area contributed by atoms with E-state index in [4.69, 9.17) is 9.47 Å². The highest BCUT2D eigenvalue weighted by molar-refractivity contribution is 9.10. The number of aryl methyl sites for hydroxylation is 1. The molecule has 0 aliphatic heterocycles. The minimum absolute atomic E-state index is 0.221. The smallest absolute Gasteiger partial charge is 0.320 e. The molecule has 1 rings (SSSR count). The van der Waals surface area contributed by atoms with Crippen molar-refractivity contribution in [3.05, 3.63) is 29.3 Å². The van der Waals surface area contributed by atoms with Crippen molar-refractivity contribution < 1.29 is 14.3 Å². The summed E-state index contributed by atoms with van der Waals surface area (Å²) in [6, 6.07) is 5.89. The first kappa shape index (κ1) is 14.0. The lowest BCUT2D eigenvalue weighted by Crippen LogP contribution is -2.19. The average Bonchev–Trinajstić information content (AvgIpc) is 2.29. The second kappa shape index (κ2) is 6.64. The van der Waals surface area contributed by atoms with Gasteiger partial charge in [0.25, 0.3) is 0 Å². The van der Waals surface area contributed by atoms with Gasteiger partial charge in [-0.05, 0) is 37.5 Å². The van der Waals surface area contributed by atoms with Gasteiger partial charge in [0.2, 0.25) is 0 Å². The van der Waals surface area contributed by atoms with E-state index in [2.05, 4.69) is 15.9 Å². The number of hydrogen-bond acceptors (Lipinski definition) is 3. The Labute approximate surface area is 110 Å². The van der Waals surface area contributed by atoms with E-state index in [1.807, 2.05) is 25.1 Å². The van der Waals surface area contributed by atoms with Crippen molar-refractivity contribution in [1.82, 2.24) is 0 Å². The van der Waals surface area contributed by atoms with E-state index in [-0.39, 0.29) is 10.8 Å². The number of carbonyl (C=O) groups excluding carboxylic acids is 1. The molecule has 0 amide bonds. The fourth-order valence-corrected chi connectivity index (χ4v) is 2.10. The van der Waals surface area contributed by atoms with Crippen LogP contribution in [0.5, 0.6) is 5.75 Å². The first-order valence-corrected chi connectivity index (χ1v) is 6.44. The van der Waals surface area contributed by atoms with Crippen LogP contribution in [0.15, 0.2) is 18.2 Å². The van der Waals surface area contributed by atoms with Crippen molar-refractivity contribution in [3.63, 3.8) is 0 Å². The number of carbonyl (C=O) groups is 1. The first-order valence-electron chi connectivity index (χ1n) is 5.52. The highest BCUT2D eigenvalue weighted by Gasteiger charge is 2.16. The van der Waals surface area contributed by atoms with Crippen LogP contribution in [0.3, 0.4) is 0 Å². The quantitative estimate of drug-likeness (QED) is 0.620. The summed E-state index contributed by atoms with van der Waals surface area (Å²) in [5.41, 5.74) is 2.15. The predicted octanol–water partition coefficient (Wildman–Crippen LogP) is 2.87. The lowest BCUT2D eigenvalue weighted by molar-refractivity contribution is -0.142. The number of rotatable bonds is 5. The van der Waals surface area contributed by atoms with Gasteiger partial charge in [0.05, 0.1) is 13.7 Å². The van der Waals surface area contributed by atoms with Crippen molar-refractivity contribution in [1.29, 1.82) is 0 Å². The molecule has 0 aliphatic rings. The number of halogens is 1. The molecular weight excluding hydrogens is 284 g/mol. The lowest BCUT2D eigenvalue weighted by atomic mass is 10.1. The van der Waals surface area contributed by atoms with Gasteiger partial charge >= 0.3 is 5.97 Å². The molecule has 3 nitrogen and oxygen atoms in total. The first-order chi connectivity index (χ1) is 8.08. The van der Waals surface area contributed by atoms with E-state index in [0.29, 0.717) is 13.0 Å². The molecule has 1 atom stereocenters. The molecule has 17 heavy (non-hydrogen) atoms. The molecule has 1 aromatic carbocycles. The standard InChI is InChI=1S/C13H17BrO3/c1-4-17-13(15)11(14)8-10-5-6-12(16-3)9(2)7-10/h5-7,11H,4,8H2,1-3H3. The summed E-state index contributed by atoms with van der Waals surface area (Å²) in [5, 5.41) is 0. The lowest BCUT2D eigenvalue weighted by Gasteiger charge is -2.11. The van der Waals surface area contributed by atoms with Crippen molar-refractivity contribution in [2.45, 2.75) is 25.1 Å².